The number of hydrogen-bond acceptors (Lipinski definition) is 8. The molecule has 5 atom stereocenters. The molecule has 0 unspecified atom stereocenters. The van der Waals surface area contributed by atoms with Gasteiger partial charge in [-0.15, -0.1) is 0 Å². The highest BCUT2D eigenvalue weighted by molar-refractivity contribution is 5.97. The first kappa shape index (κ1) is 28.4. The van der Waals surface area contributed by atoms with Crippen LogP contribution in [-0.2, 0) is 23.9 Å². The van der Waals surface area contributed by atoms with Crippen molar-refractivity contribution in [2.24, 2.45) is 5.41 Å². The van der Waals surface area contributed by atoms with Gasteiger partial charge in [-0.05, 0) is 49.3 Å². The van der Waals surface area contributed by atoms with Crippen LogP contribution in [0, 0.1) is 5.41 Å². The first-order valence-corrected chi connectivity index (χ1v) is 11.3. The molecule has 2 aliphatic rings. The third kappa shape index (κ3) is 7.32. The van der Waals surface area contributed by atoms with Crippen molar-refractivity contribution in [3.8, 4) is 0 Å². The van der Waals surface area contributed by atoms with Gasteiger partial charge in [0.2, 0.25) is 6.29 Å². The highest BCUT2D eigenvalue weighted by Gasteiger charge is 2.48. The van der Waals surface area contributed by atoms with Crippen molar-refractivity contribution in [2.45, 2.75) is 78.2 Å². The fraction of sp³-hybridized carbons (Fsp3) is 0.500. The third-order valence-electron chi connectivity index (χ3n) is 6.15. The molecule has 35 heavy (non-hydrogen) atoms. The summed E-state index contributed by atoms with van der Waals surface area (Å²) < 4.78 is 9.85. The Balaban J connectivity index is 2.01. The van der Waals surface area contributed by atoms with Gasteiger partial charge in [0.15, 0.2) is 11.9 Å². The van der Waals surface area contributed by atoms with Crippen LogP contribution in [0.15, 0.2) is 58.7 Å². The molecule has 1 aliphatic carbocycles. The van der Waals surface area contributed by atoms with Crippen LogP contribution in [0.3, 0.4) is 0 Å². The van der Waals surface area contributed by atoms with Crippen LogP contribution in [0.5, 0.6) is 0 Å². The molecule has 0 bridgehead atoms. The molecule has 0 saturated carbocycles. The van der Waals surface area contributed by atoms with Crippen molar-refractivity contribution in [2.75, 3.05) is 0 Å². The topological polar surface area (TPSA) is 151 Å². The predicted molar refractivity (Wildman–Crippen MR) is 127 cm³/mol. The van der Waals surface area contributed by atoms with Crippen LogP contribution in [0.1, 0.15) is 47.5 Å². The number of hydrogen-bond donors (Lipinski definition) is 4. The van der Waals surface area contributed by atoms with Gasteiger partial charge in [0, 0.05) is 12.5 Å². The van der Waals surface area contributed by atoms with Crippen LogP contribution in [0.4, 0.5) is 0 Å². The second kappa shape index (κ2) is 11.7. The SMILES string of the molecule is CC1=C(/C=C/C(C)=C/C=C/C(C)=C\C(=O)O[C@@H]2O[C@H](C(=O)O)[C@@H](O)[C@H](O)[C@H]2O)C(C)(C)CCC1=O. The second-order valence-corrected chi connectivity index (χ2v) is 9.51. The van der Waals surface area contributed by atoms with Gasteiger partial charge >= 0.3 is 11.9 Å². The molecule has 0 aromatic rings. The maximum atomic E-state index is 12.2. The molecular formula is C26H34O9. The van der Waals surface area contributed by atoms with Crippen molar-refractivity contribution >= 4 is 17.7 Å². The number of esters is 1. The summed E-state index contributed by atoms with van der Waals surface area (Å²) in [5, 5.41) is 38.4. The van der Waals surface area contributed by atoms with Crippen LogP contribution < -0.4 is 0 Å². The number of ether oxygens (including phenoxy) is 2. The van der Waals surface area contributed by atoms with E-state index in [1.807, 2.05) is 32.1 Å². The second-order valence-electron chi connectivity index (χ2n) is 9.51. The fourth-order valence-electron chi connectivity index (χ4n) is 3.91. The molecule has 1 fully saturated rings. The lowest BCUT2D eigenvalue weighted by Gasteiger charge is -2.37. The number of ketones is 1. The molecule has 4 N–H and O–H groups in total. The molecular weight excluding hydrogens is 456 g/mol. The molecule has 9 nitrogen and oxygen atoms in total. The quantitative estimate of drug-likeness (QED) is 0.239. The number of carboxylic acids is 1. The minimum Gasteiger partial charge on any atom is -0.479 e. The first-order chi connectivity index (χ1) is 16.2. The number of carboxylic acid groups (broad SMARTS) is 1. The van der Waals surface area contributed by atoms with Crippen LogP contribution in [0.2, 0.25) is 0 Å². The van der Waals surface area contributed by atoms with Crippen LogP contribution in [0.25, 0.3) is 0 Å². The van der Waals surface area contributed by atoms with Crippen molar-refractivity contribution < 1.29 is 44.3 Å². The molecule has 0 amide bonds. The van der Waals surface area contributed by atoms with Gasteiger partial charge in [-0.25, -0.2) is 9.59 Å². The summed E-state index contributed by atoms with van der Waals surface area (Å²) >= 11 is 0. The van der Waals surface area contributed by atoms with E-state index in [1.54, 1.807) is 19.1 Å². The number of rotatable bonds is 7. The smallest absolute Gasteiger partial charge is 0.335 e. The van der Waals surface area contributed by atoms with E-state index in [2.05, 4.69) is 13.8 Å². The van der Waals surface area contributed by atoms with Gasteiger partial charge < -0.3 is 29.9 Å². The molecule has 0 spiro atoms. The number of Topliss-reactive ketones (excluding diaryl/α,β-unsaturated/α-hetero) is 1. The minimum absolute atomic E-state index is 0.0709. The van der Waals surface area contributed by atoms with E-state index in [0.717, 1.165) is 29.2 Å². The largest absolute Gasteiger partial charge is 0.479 e. The maximum Gasteiger partial charge on any atom is 0.335 e. The van der Waals surface area contributed by atoms with Gasteiger partial charge in [0.05, 0.1) is 0 Å². The molecule has 0 radical (unpaired) electrons. The maximum absolute atomic E-state index is 12.2. The summed E-state index contributed by atoms with van der Waals surface area (Å²) in [5.41, 5.74) is 3.18. The summed E-state index contributed by atoms with van der Waals surface area (Å²) in [6.07, 6.45) is 2.45. The molecule has 1 aliphatic heterocycles. The molecule has 9 heteroatoms. The molecule has 2 rings (SSSR count). The van der Waals surface area contributed by atoms with E-state index in [-0.39, 0.29) is 11.2 Å². The lowest BCUT2D eigenvalue weighted by atomic mass is 9.72. The number of aliphatic hydroxyl groups is 3. The number of allylic oxidation sites excluding steroid dienone is 9. The molecule has 0 aromatic carbocycles. The lowest BCUT2D eigenvalue weighted by molar-refractivity contribution is -0.284. The fourth-order valence-corrected chi connectivity index (χ4v) is 3.91. The average Bonchev–Trinajstić information content (AvgIpc) is 2.76. The Morgan fingerprint density at radius 1 is 1.06 bits per heavy atom. The zero-order chi connectivity index (χ0) is 26.5. The highest BCUT2D eigenvalue weighted by Crippen LogP contribution is 2.39. The van der Waals surface area contributed by atoms with E-state index in [0.29, 0.717) is 12.0 Å². The van der Waals surface area contributed by atoms with Gasteiger partial charge in [-0.3, -0.25) is 4.79 Å². The third-order valence-corrected chi connectivity index (χ3v) is 6.15. The molecule has 1 heterocycles. The predicted octanol–water partition coefficient (Wildman–Crippen LogP) is 2.13. The van der Waals surface area contributed by atoms with E-state index < -0.39 is 42.6 Å². The van der Waals surface area contributed by atoms with Crippen molar-refractivity contribution in [3.63, 3.8) is 0 Å². The standard InChI is InChI=1S/C26H34O9/c1-14(9-10-17-16(3)18(27)11-12-26(17,4)5)7-6-8-15(2)13-19(28)34-25-22(31)20(29)21(30)23(35-25)24(32)33/h6-10,13,20-23,25,29-31H,11-12H2,1-5H3,(H,32,33)/b8-6+,10-9+,14-7+,15-13-/t20-,21-,22+,23-,25+/m0/s1. The van der Waals surface area contributed by atoms with E-state index >= 15 is 0 Å². The first-order valence-electron chi connectivity index (χ1n) is 11.3. The Labute approximate surface area is 204 Å². The minimum atomic E-state index is -1.87. The Morgan fingerprint density at radius 3 is 2.34 bits per heavy atom. The zero-order valence-corrected chi connectivity index (χ0v) is 20.6. The summed E-state index contributed by atoms with van der Waals surface area (Å²) in [6, 6.07) is 0. The van der Waals surface area contributed by atoms with Gasteiger partial charge in [0.1, 0.15) is 18.3 Å². The Morgan fingerprint density at radius 2 is 1.71 bits per heavy atom. The van der Waals surface area contributed by atoms with Gasteiger partial charge in [0.25, 0.3) is 0 Å². The van der Waals surface area contributed by atoms with E-state index in [4.69, 9.17) is 14.6 Å². The Bertz CT molecular complexity index is 996. The summed E-state index contributed by atoms with van der Waals surface area (Å²) in [6.45, 7) is 9.64. The Kier molecular flexibility index (Phi) is 9.51. The van der Waals surface area contributed by atoms with E-state index in [9.17, 15) is 29.7 Å². The highest BCUT2D eigenvalue weighted by atomic mass is 16.7. The summed E-state index contributed by atoms with van der Waals surface area (Å²) in [5.74, 6) is -2.31. The number of aliphatic carboxylic acids is 1. The zero-order valence-electron chi connectivity index (χ0n) is 20.6. The Hall–Kier alpha value is -2.85. The summed E-state index contributed by atoms with van der Waals surface area (Å²) in [7, 11) is 0. The molecule has 0 aromatic heterocycles. The van der Waals surface area contributed by atoms with Crippen molar-refractivity contribution in [3.05, 3.63) is 58.7 Å². The average molecular weight is 491 g/mol. The molecule has 192 valence electrons. The monoisotopic (exact) mass is 490 g/mol. The lowest BCUT2D eigenvalue weighted by Crippen LogP contribution is -2.60. The number of aliphatic hydroxyl groups excluding tert-OH is 3. The van der Waals surface area contributed by atoms with Crippen molar-refractivity contribution in [1.82, 2.24) is 0 Å². The number of carbonyl (C=O) groups excluding carboxylic acids is 2. The van der Waals surface area contributed by atoms with Gasteiger partial charge in [-0.2, -0.15) is 0 Å². The van der Waals surface area contributed by atoms with E-state index in [1.165, 1.54) is 0 Å². The normalized spacial score (nSPS) is 30.3. The van der Waals surface area contributed by atoms with Gasteiger partial charge in [-0.1, -0.05) is 49.8 Å². The van der Waals surface area contributed by atoms with Crippen molar-refractivity contribution in [1.29, 1.82) is 0 Å². The summed E-state index contributed by atoms with van der Waals surface area (Å²) in [4.78, 5) is 35.3. The number of carbonyl (C=O) groups is 3. The van der Waals surface area contributed by atoms with Crippen LogP contribution >= 0.6 is 0 Å². The molecule has 1 saturated heterocycles. The van der Waals surface area contributed by atoms with Crippen LogP contribution in [-0.4, -0.2) is 68.9 Å².